The second kappa shape index (κ2) is 20.9. The van der Waals surface area contributed by atoms with E-state index in [9.17, 15) is 24.3 Å². The van der Waals surface area contributed by atoms with Gasteiger partial charge >= 0.3 is 12.2 Å². The number of nitrogens with zero attached hydrogens (tertiary/aromatic N) is 2. The van der Waals surface area contributed by atoms with Gasteiger partial charge in [-0.3, -0.25) is 9.59 Å². The number of benzene rings is 4. The average molecular weight is 767 g/mol. The van der Waals surface area contributed by atoms with Gasteiger partial charge in [-0.2, -0.15) is 0 Å². The summed E-state index contributed by atoms with van der Waals surface area (Å²) in [6.45, 7) is 6.83. The third-order valence-corrected chi connectivity index (χ3v) is 9.42. The molecular formula is C44H50N2O10. The number of carbonyl (C=O) groups is 4. The molecule has 1 N–H and O–H groups in total. The van der Waals surface area contributed by atoms with Crippen molar-refractivity contribution in [1.29, 1.82) is 0 Å². The van der Waals surface area contributed by atoms with Crippen molar-refractivity contribution < 1.29 is 48.0 Å². The standard InChI is InChI=1S/C30H33NO6.C14H17NO4/c1-3-23-18-25(36-19-22-13-9-6-10-14-22)15-16-26(23)27(32)28(35-4-2)29(33)31-24(20-37-30(31)34)17-21-11-7-5-8-12-21;1-2-18-10-13(16)15-12(9-19-14(15)17)8-11-6-4-3-5-7-11/h5-16,18,24,27-28,32H,3-4,17,19-20H2,1-2H3;3-7,12H,2,8-10H2,1H3/t24-,27+,28-;12-/m00/s1. The molecule has 2 fully saturated rings. The Morgan fingerprint density at radius 3 is 1.80 bits per heavy atom. The number of hydrogen-bond acceptors (Lipinski definition) is 10. The van der Waals surface area contributed by atoms with Crippen LogP contribution in [0.1, 0.15) is 54.7 Å². The van der Waals surface area contributed by atoms with Crippen LogP contribution >= 0.6 is 0 Å². The molecule has 0 aromatic heterocycles. The predicted molar refractivity (Wildman–Crippen MR) is 208 cm³/mol. The first-order valence-corrected chi connectivity index (χ1v) is 19.0. The van der Waals surface area contributed by atoms with E-state index in [0.717, 1.165) is 27.2 Å². The highest BCUT2D eigenvalue weighted by molar-refractivity contribution is 5.96. The lowest BCUT2D eigenvalue weighted by Gasteiger charge is -2.29. The molecule has 0 unspecified atom stereocenters. The summed E-state index contributed by atoms with van der Waals surface area (Å²) < 4.78 is 26.9. The third kappa shape index (κ3) is 11.0. The minimum Gasteiger partial charge on any atom is -0.489 e. The van der Waals surface area contributed by atoms with Gasteiger partial charge in [-0.05, 0) is 73.1 Å². The van der Waals surface area contributed by atoms with Crippen molar-refractivity contribution in [3.8, 4) is 5.75 Å². The Morgan fingerprint density at radius 1 is 0.732 bits per heavy atom. The van der Waals surface area contributed by atoms with E-state index in [4.69, 9.17) is 23.7 Å². The van der Waals surface area contributed by atoms with E-state index in [1.54, 1.807) is 26.0 Å². The zero-order valence-corrected chi connectivity index (χ0v) is 32.1. The lowest BCUT2D eigenvalue weighted by Crippen LogP contribution is -2.48. The molecule has 2 aliphatic rings. The smallest absolute Gasteiger partial charge is 0.417 e. The number of amides is 4. The van der Waals surface area contributed by atoms with E-state index < -0.39 is 36.3 Å². The van der Waals surface area contributed by atoms with Gasteiger partial charge in [0.05, 0.1) is 12.1 Å². The van der Waals surface area contributed by atoms with Crippen molar-refractivity contribution in [1.82, 2.24) is 9.80 Å². The van der Waals surface area contributed by atoms with Crippen LogP contribution in [0.4, 0.5) is 9.59 Å². The second-order valence-corrected chi connectivity index (χ2v) is 13.3. The van der Waals surface area contributed by atoms with Gasteiger partial charge in [-0.15, -0.1) is 0 Å². The van der Waals surface area contributed by atoms with Crippen LogP contribution in [0.3, 0.4) is 0 Å². The SMILES string of the molecule is CCOCC(=O)N1C(=O)OC[C@@H]1Cc1ccccc1.CCO[C@H](C(=O)N1C(=O)OC[C@@H]1Cc1ccccc1)[C@H](O)c1ccc(OCc2ccccc2)cc1CC. The molecule has 12 nitrogen and oxygen atoms in total. The molecule has 6 rings (SSSR count). The van der Waals surface area contributed by atoms with Gasteiger partial charge in [0.25, 0.3) is 11.8 Å². The molecular weight excluding hydrogens is 716 g/mol. The lowest BCUT2D eigenvalue weighted by atomic mass is 9.95. The van der Waals surface area contributed by atoms with E-state index >= 15 is 0 Å². The van der Waals surface area contributed by atoms with E-state index in [-0.39, 0.29) is 38.4 Å². The molecule has 12 heteroatoms. The number of carbonyl (C=O) groups excluding carboxylic acids is 4. The molecule has 2 aliphatic heterocycles. The topological polar surface area (TPSA) is 141 Å². The molecule has 2 heterocycles. The van der Waals surface area contributed by atoms with Gasteiger partial charge in [-0.1, -0.05) is 104 Å². The summed E-state index contributed by atoms with van der Waals surface area (Å²) in [5.41, 5.74) is 4.50. The quantitative estimate of drug-likeness (QED) is 0.135. The Kier molecular flexibility index (Phi) is 15.6. The summed E-state index contributed by atoms with van der Waals surface area (Å²) in [4.78, 5) is 52.0. The van der Waals surface area contributed by atoms with Crippen LogP contribution in [0.25, 0.3) is 0 Å². The summed E-state index contributed by atoms with van der Waals surface area (Å²) in [6, 6.07) is 33.9. The summed E-state index contributed by atoms with van der Waals surface area (Å²) in [5, 5.41) is 11.3. The van der Waals surface area contributed by atoms with Crippen molar-refractivity contribution in [2.75, 3.05) is 33.0 Å². The Morgan fingerprint density at radius 2 is 1.27 bits per heavy atom. The molecule has 0 radical (unpaired) electrons. The highest BCUT2D eigenvalue weighted by atomic mass is 16.6. The predicted octanol–water partition coefficient (Wildman–Crippen LogP) is 6.47. The number of hydrogen-bond donors (Lipinski definition) is 1. The molecule has 296 valence electrons. The zero-order chi connectivity index (χ0) is 39.9. The number of imide groups is 2. The number of aliphatic hydroxyl groups is 1. The summed E-state index contributed by atoms with van der Waals surface area (Å²) in [6.07, 6.45) is -2.14. The number of ether oxygens (including phenoxy) is 5. The second-order valence-electron chi connectivity index (χ2n) is 13.3. The van der Waals surface area contributed by atoms with E-state index in [2.05, 4.69) is 0 Å². The van der Waals surface area contributed by atoms with Crippen molar-refractivity contribution in [2.45, 2.75) is 70.9 Å². The van der Waals surface area contributed by atoms with Gasteiger partial charge in [0, 0.05) is 13.2 Å². The maximum atomic E-state index is 13.6. The van der Waals surface area contributed by atoms with Crippen molar-refractivity contribution in [2.24, 2.45) is 0 Å². The van der Waals surface area contributed by atoms with E-state index in [0.29, 0.717) is 43.8 Å². The van der Waals surface area contributed by atoms with Gasteiger partial charge in [0.15, 0.2) is 6.10 Å². The Hall–Kier alpha value is -5.56. The number of cyclic esters (lactones) is 2. The molecule has 4 atom stereocenters. The Balaban J connectivity index is 0.000000265. The highest BCUT2D eigenvalue weighted by Gasteiger charge is 2.44. The first-order chi connectivity index (χ1) is 27.2. The largest absolute Gasteiger partial charge is 0.489 e. The maximum Gasteiger partial charge on any atom is 0.417 e. The molecule has 0 spiro atoms. The fourth-order valence-electron chi connectivity index (χ4n) is 6.61. The molecule has 56 heavy (non-hydrogen) atoms. The Bertz CT molecular complexity index is 1870. The molecule has 4 aromatic rings. The minimum atomic E-state index is -1.27. The van der Waals surface area contributed by atoms with Gasteiger partial charge in [-0.25, -0.2) is 19.4 Å². The first kappa shape index (κ1) is 41.6. The van der Waals surface area contributed by atoms with Crippen LogP contribution in [-0.4, -0.2) is 90.1 Å². The van der Waals surface area contributed by atoms with Gasteiger partial charge in [0.2, 0.25) is 0 Å². The molecule has 0 aliphatic carbocycles. The number of aliphatic hydroxyl groups excluding tert-OH is 1. The normalized spacial score (nSPS) is 17.4. The first-order valence-electron chi connectivity index (χ1n) is 19.0. The van der Waals surface area contributed by atoms with Crippen LogP contribution in [0, 0.1) is 0 Å². The maximum absolute atomic E-state index is 13.6. The van der Waals surface area contributed by atoms with Crippen LogP contribution < -0.4 is 4.74 Å². The van der Waals surface area contributed by atoms with Crippen LogP contribution in [0.5, 0.6) is 5.75 Å². The molecule has 4 aromatic carbocycles. The molecule has 2 saturated heterocycles. The fourth-order valence-corrected chi connectivity index (χ4v) is 6.61. The minimum absolute atomic E-state index is 0.0864. The molecule has 0 saturated carbocycles. The van der Waals surface area contributed by atoms with Crippen LogP contribution in [0.2, 0.25) is 0 Å². The highest BCUT2D eigenvalue weighted by Crippen LogP contribution is 2.30. The average Bonchev–Trinajstić information content (AvgIpc) is 3.78. The van der Waals surface area contributed by atoms with Crippen molar-refractivity contribution in [3.05, 3.63) is 137 Å². The van der Waals surface area contributed by atoms with Gasteiger partial charge < -0.3 is 28.8 Å². The van der Waals surface area contributed by atoms with Crippen molar-refractivity contribution in [3.63, 3.8) is 0 Å². The number of rotatable bonds is 16. The number of aryl methyl sites for hydroxylation is 1. The summed E-state index contributed by atoms with van der Waals surface area (Å²) in [7, 11) is 0. The third-order valence-electron chi connectivity index (χ3n) is 9.42. The van der Waals surface area contributed by atoms with Crippen molar-refractivity contribution >= 4 is 24.0 Å². The fraction of sp³-hybridized carbons (Fsp3) is 0.364. The Labute approximate surface area is 327 Å². The lowest BCUT2D eigenvalue weighted by molar-refractivity contribution is -0.149. The summed E-state index contributed by atoms with van der Waals surface area (Å²) in [5.74, 6) is -0.281. The van der Waals surface area contributed by atoms with Crippen LogP contribution in [0.15, 0.2) is 109 Å². The van der Waals surface area contributed by atoms with Gasteiger partial charge in [0.1, 0.15) is 38.3 Å². The summed E-state index contributed by atoms with van der Waals surface area (Å²) >= 11 is 0. The molecule has 4 amide bonds. The van der Waals surface area contributed by atoms with E-state index in [1.165, 1.54) is 4.90 Å². The van der Waals surface area contributed by atoms with Crippen LogP contribution in [-0.2, 0) is 54.4 Å². The monoisotopic (exact) mass is 766 g/mol. The molecule has 0 bridgehead atoms. The zero-order valence-electron chi connectivity index (χ0n) is 32.1. The van der Waals surface area contributed by atoms with E-state index in [1.807, 2.05) is 104 Å².